The van der Waals surface area contributed by atoms with Crippen LogP contribution in [-0.2, 0) is 13.6 Å². The summed E-state index contributed by atoms with van der Waals surface area (Å²) in [6.45, 7) is 4.62. The van der Waals surface area contributed by atoms with Crippen molar-refractivity contribution in [3.63, 3.8) is 0 Å². The Bertz CT molecular complexity index is 793. The average molecular weight is 452 g/mol. The van der Waals surface area contributed by atoms with E-state index in [9.17, 15) is 9.90 Å². The van der Waals surface area contributed by atoms with Crippen molar-refractivity contribution in [3.8, 4) is 6.26 Å². The Balaban J connectivity index is 1.62. The summed E-state index contributed by atoms with van der Waals surface area (Å²) in [6, 6.07) is 0.342. The second kappa shape index (κ2) is 7.62. The van der Waals surface area contributed by atoms with Gasteiger partial charge in [-0.05, 0) is 79.6 Å². The third-order valence-corrected chi connectivity index (χ3v) is 13.6. The third-order valence-electron chi connectivity index (χ3n) is 9.65. The van der Waals surface area contributed by atoms with Gasteiger partial charge in [-0.25, -0.2) is 0 Å². The summed E-state index contributed by atoms with van der Waals surface area (Å²) in [5.41, 5.74) is 0.483. The van der Waals surface area contributed by atoms with E-state index >= 15 is 0 Å². The molecular formula is C23H34ClNO4Si. The van der Waals surface area contributed by atoms with E-state index in [0.717, 1.165) is 38.5 Å². The zero-order valence-electron chi connectivity index (χ0n) is 18.4. The van der Waals surface area contributed by atoms with Crippen molar-refractivity contribution in [2.75, 3.05) is 12.6 Å². The number of hydrogen-bond donors (Lipinski definition) is 1. The van der Waals surface area contributed by atoms with Crippen molar-refractivity contribution in [2.24, 2.45) is 28.6 Å². The van der Waals surface area contributed by atoms with E-state index in [1.807, 2.05) is 6.08 Å². The zero-order valence-corrected chi connectivity index (χ0v) is 20.1. The Kier molecular flexibility index (Phi) is 5.67. The minimum Gasteiger partial charge on any atom is -0.453 e. The molecule has 5 nitrogen and oxygen atoms in total. The number of halogens is 1. The number of allylic oxidation sites excluding steroid dienone is 1. The van der Waals surface area contributed by atoms with Gasteiger partial charge in [0.2, 0.25) is 0 Å². The van der Waals surface area contributed by atoms with Crippen LogP contribution in [0.2, 0.25) is 6.04 Å². The quantitative estimate of drug-likeness (QED) is 0.375. The third kappa shape index (κ3) is 3.11. The van der Waals surface area contributed by atoms with Gasteiger partial charge in [-0.1, -0.05) is 19.4 Å². The molecule has 3 saturated carbocycles. The minimum absolute atomic E-state index is 0.129. The van der Waals surface area contributed by atoms with Gasteiger partial charge >= 0.3 is 8.56 Å². The molecule has 4 rings (SSSR count). The molecule has 0 heterocycles. The maximum atomic E-state index is 12.0. The van der Waals surface area contributed by atoms with Crippen molar-refractivity contribution in [3.05, 3.63) is 11.6 Å². The molecule has 0 aliphatic heterocycles. The molecule has 7 heteroatoms. The molecule has 0 radical (unpaired) electrons. The second-order valence-corrected chi connectivity index (χ2v) is 14.5. The van der Waals surface area contributed by atoms with Crippen molar-refractivity contribution in [1.82, 2.24) is 0 Å². The van der Waals surface area contributed by atoms with Gasteiger partial charge in [-0.3, -0.25) is 4.79 Å². The summed E-state index contributed by atoms with van der Waals surface area (Å²) in [5.74, 6) is 1.88. The Labute approximate surface area is 186 Å². The van der Waals surface area contributed by atoms with Gasteiger partial charge in [0.15, 0.2) is 5.78 Å². The summed E-state index contributed by atoms with van der Waals surface area (Å²) in [5, 5.41) is 21.1. The molecule has 0 saturated heterocycles. The van der Waals surface area contributed by atoms with Crippen molar-refractivity contribution in [2.45, 2.75) is 76.9 Å². The first-order valence-corrected chi connectivity index (χ1v) is 14.1. The van der Waals surface area contributed by atoms with Crippen LogP contribution in [-0.4, -0.2) is 37.7 Å². The second-order valence-electron chi connectivity index (χ2n) is 10.6. The van der Waals surface area contributed by atoms with E-state index in [4.69, 9.17) is 25.7 Å². The molecule has 4 unspecified atom stereocenters. The number of ketones is 1. The van der Waals surface area contributed by atoms with Crippen LogP contribution in [0.15, 0.2) is 11.6 Å². The maximum Gasteiger partial charge on any atom is 0.429 e. The highest BCUT2D eigenvalue weighted by Gasteiger charge is 2.66. The molecule has 1 N–H and O–H groups in total. The molecular weight excluding hydrogens is 418 g/mol. The fourth-order valence-corrected chi connectivity index (χ4v) is 10.7. The number of hydrogen-bond acceptors (Lipinski definition) is 5. The molecule has 7 atom stereocenters. The number of nitrogens with zero attached hydrogens (tertiary/aromatic N) is 1. The lowest BCUT2D eigenvalue weighted by Gasteiger charge is -2.59. The van der Waals surface area contributed by atoms with Crippen molar-refractivity contribution < 1.29 is 18.8 Å². The van der Waals surface area contributed by atoms with Crippen LogP contribution in [0.4, 0.5) is 0 Å². The molecule has 0 aromatic rings. The first-order chi connectivity index (χ1) is 14.2. The number of aliphatic hydroxyl groups is 1. The first kappa shape index (κ1) is 22.3. The standard InChI is InChI=1S/C23H34ClNO4Si/c1-21-9-6-17(26)12-16(21)4-5-18-19(21)7-10-22(2)20(18)8-11-23(22,27)13-30(14-24,28-3)29-15-25/h12,18-20,27H,4-11,13-14H2,1-3H3/t18?,19?,20?,21-,22-,23-,30?/m0/s1. The lowest BCUT2D eigenvalue weighted by Crippen LogP contribution is -2.58. The normalized spacial score (nSPS) is 44.7. The molecule has 3 fully saturated rings. The topological polar surface area (TPSA) is 79.6 Å². The van der Waals surface area contributed by atoms with Gasteiger partial charge in [0, 0.05) is 19.6 Å². The van der Waals surface area contributed by atoms with E-state index in [1.165, 1.54) is 5.57 Å². The van der Waals surface area contributed by atoms with Crippen LogP contribution >= 0.6 is 11.6 Å². The summed E-state index contributed by atoms with van der Waals surface area (Å²) >= 11 is 6.20. The van der Waals surface area contributed by atoms with Gasteiger partial charge in [0.25, 0.3) is 6.26 Å². The Hall–Kier alpha value is -0.873. The Morgan fingerprint density at radius 3 is 2.63 bits per heavy atom. The fourth-order valence-electron chi connectivity index (χ4n) is 7.77. The van der Waals surface area contributed by atoms with Crippen molar-refractivity contribution in [1.29, 1.82) is 5.26 Å². The number of alkyl halides is 1. The molecule has 4 aliphatic rings. The molecule has 0 aromatic carbocycles. The SMILES string of the molecule is CO[Si](CCl)(C[C@@]1(O)CCC2C3CCC4=CC(=O)CC[C@]4(C)C3CC[C@@]21C)OC#N. The highest BCUT2D eigenvalue weighted by molar-refractivity contribution is 6.75. The molecule has 0 aromatic heterocycles. The largest absolute Gasteiger partial charge is 0.453 e. The van der Waals surface area contributed by atoms with Crippen molar-refractivity contribution >= 4 is 25.9 Å². The minimum atomic E-state index is -2.99. The lowest BCUT2D eigenvalue weighted by atomic mass is 9.46. The van der Waals surface area contributed by atoms with Crippen LogP contribution in [0.3, 0.4) is 0 Å². The zero-order chi connectivity index (χ0) is 21.8. The van der Waals surface area contributed by atoms with Crippen LogP contribution in [0.25, 0.3) is 0 Å². The smallest absolute Gasteiger partial charge is 0.429 e. The summed E-state index contributed by atoms with van der Waals surface area (Å²) in [4.78, 5) is 12.0. The van der Waals surface area contributed by atoms with E-state index in [1.54, 1.807) is 13.4 Å². The van der Waals surface area contributed by atoms with E-state index in [2.05, 4.69) is 13.8 Å². The predicted octanol–water partition coefficient (Wildman–Crippen LogP) is 4.61. The van der Waals surface area contributed by atoms with Gasteiger partial charge in [-0.2, -0.15) is 5.26 Å². The molecule has 0 spiro atoms. The van der Waals surface area contributed by atoms with Crippen LogP contribution in [0.5, 0.6) is 0 Å². The number of fused-ring (bicyclic) bond motifs is 5. The molecule has 30 heavy (non-hydrogen) atoms. The molecule has 166 valence electrons. The summed E-state index contributed by atoms with van der Waals surface area (Å²) in [7, 11) is -1.45. The van der Waals surface area contributed by atoms with Crippen LogP contribution in [0.1, 0.15) is 65.2 Å². The number of carbonyl (C=O) groups excluding carboxylic acids is 1. The van der Waals surface area contributed by atoms with Crippen LogP contribution in [0, 0.1) is 40.1 Å². The lowest BCUT2D eigenvalue weighted by molar-refractivity contribution is -0.125. The van der Waals surface area contributed by atoms with E-state index in [0.29, 0.717) is 36.6 Å². The van der Waals surface area contributed by atoms with E-state index < -0.39 is 14.2 Å². The average Bonchev–Trinajstić information content (AvgIpc) is 2.99. The van der Waals surface area contributed by atoms with Gasteiger partial charge in [-0.15, -0.1) is 11.6 Å². The summed E-state index contributed by atoms with van der Waals surface area (Å²) < 4.78 is 11.0. The van der Waals surface area contributed by atoms with Gasteiger partial charge in [0.1, 0.15) is 0 Å². The van der Waals surface area contributed by atoms with Crippen LogP contribution < -0.4 is 0 Å². The molecule has 0 bridgehead atoms. The molecule has 0 amide bonds. The van der Waals surface area contributed by atoms with E-state index in [-0.39, 0.29) is 22.1 Å². The Morgan fingerprint density at radius 1 is 1.23 bits per heavy atom. The van der Waals surface area contributed by atoms with Gasteiger partial charge < -0.3 is 14.0 Å². The first-order valence-electron chi connectivity index (χ1n) is 11.3. The maximum absolute atomic E-state index is 12.0. The number of nitriles is 1. The molecule has 4 aliphatic carbocycles. The summed E-state index contributed by atoms with van der Waals surface area (Å²) in [6.07, 6.45) is 11.2. The van der Waals surface area contributed by atoms with Gasteiger partial charge in [0.05, 0.1) is 11.1 Å². The number of rotatable bonds is 5. The highest BCUT2D eigenvalue weighted by atomic mass is 35.5. The number of carbonyl (C=O) groups is 1. The fraction of sp³-hybridized carbons (Fsp3) is 0.826. The highest BCUT2D eigenvalue weighted by Crippen LogP contribution is 2.68. The monoisotopic (exact) mass is 451 g/mol. The Morgan fingerprint density at radius 2 is 1.97 bits per heavy atom. The predicted molar refractivity (Wildman–Crippen MR) is 117 cm³/mol.